The van der Waals surface area contributed by atoms with Crippen molar-refractivity contribution in [2.45, 2.75) is 0 Å². The molecule has 0 fully saturated rings. The van der Waals surface area contributed by atoms with Gasteiger partial charge in [0.2, 0.25) is 5.96 Å². The van der Waals surface area contributed by atoms with Crippen molar-refractivity contribution in [1.29, 1.82) is 0 Å². The van der Waals surface area contributed by atoms with Crippen LogP contribution in [0.3, 0.4) is 0 Å². The van der Waals surface area contributed by atoms with E-state index in [2.05, 4.69) is 26.1 Å². The number of hydrogen-bond donors (Lipinski definition) is 2. The molecular weight excluding hydrogens is 295 g/mol. The van der Waals surface area contributed by atoms with Crippen LogP contribution in [0.25, 0.3) is 0 Å². The van der Waals surface area contributed by atoms with E-state index >= 15 is 0 Å². The van der Waals surface area contributed by atoms with Crippen LogP contribution in [0.1, 0.15) is 5.56 Å². The Labute approximate surface area is 106 Å². The largest absolute Gasteiger partial charge is 0.494 e. The first-order valence-corrected chi connectivity index (χ1v) is 5.36. The van der Waals surface area contributed by atoms with Crippen LogP contribution in [0.5, 0.6) is 5.75 Å². The number of rotatable bonds is 3. The minimum atomic E-state index is -0.102. The number of hydrogen-bond acceptors (Lipinski definition) is 3. The van der Waals surface area contributed by atoms with Gasteiger partial charge in [-0.05, 0) is 33.6 Å². The zero-order valence-corrected chi connectivity index (χ0v) is 10.8. The van der Waals surface area contributed by atoms with Gasteiger partial charge in [0.05, 0.1) is 22.8 Å². The molecule has 0 aliphatic carbocycles. The van der Waals surface area contributed by atoms with Gasteiger partial charge in [-0.25, -0.2) is 0 Å². The summed E-state index contributed by atoms with van der Waals surface area (Å²) in [4.78, 5) is 0. The molecule has 0 saturated heterocycles. The Kier molecular flexibility index (Phi) is 4.57. The fraction of sp³-hybridized carbons (Fsp3) is 0.111. The second-order valence-electron chi connectivity index (χ2n) is 2.79. The predicted octanol–water partition coefficient (Wildman–Crippen LogP) is 1.72. The molecule has 16 heavy (non-hydrogen) atoms. The Morgan fingerprint density at radius 1 is 1.50 bits per heavy atom. The van der Waals surface area contributed by atoms with Gasteiger partial charge in [0.1, 0.15) is 0 Å². The van der Waals surface area contributed by atoms with Gasteiger partial charge >= 0.3 is 0 Å². The molecule has 0 aliphatic heterocycles. The van der Waals surface area contributed by atoms with Crippen LogP contribution in [0.2, 0.25) is 5.02 Å². The van der Waals surface area contributed by atoms with Crippen molar-refractivity contribution in [3.05, 3.63) is 27.2 Å². The van der Waals surface area contributed by atoms with Gasteiger partial charge in [-0.2, -0.15) is 5.10 Å². The second kappa shape index (κ2) is 5.72. The lowest BCUT2D eigenvalue weighted by atomic mass is 10.2. The van der Waals surface area contributed by atoms with E-state index in [1.54, 1.807) is 19.2 Å². The van der Waals surface area contributed by atoms with Crippen molar-refractivity contribution in [2.75, 3.05) is 7.11 Å². The van der Waals surface area contributed by atoms with Gasteiger partial charge in [-0.15, -0.1) is 5.10 Å². The lowest BCUT2D eigenvalue weighted by Crippen LogP contribution is -2.21. The number of nitrogens with zero attached hydrogens (tertiary/aromatic N) is 2. The van der Waals surface area contributed by atoms with Gasteiger partial charge in [0.25, 0.3) is 0 Å². The summed E-state index contributed by atoms with van der Waals surface area (Å²) in [5, 5.41) is 7.62. The molecule has 7 heteroatoms. The zero-order valence-electron chi connectivity index (χ0n) is 8.45. The molecule has 0 radical (unpaired) electrons. The van der Waals surface area contributed by atoms with Crippen molar-refractivity contribution >= 4 is 39.7 Å². The highest BCUT2D eigenvalue weighted by Crippen LogP contribution is 2.33. The van der Waals surface area contributed by atoms with E-state index in [-0.39, 0.29) is 5.96 Å². The van der Waals surface area contributed by atoms with Crippen molar-refractivity contribution in [3.8, 4) is 5.75 Å². The van der Waals surface area contributed by atoms with Crippen LogP contribution in [0.4, 0.5) is 0 Å². The minimum absolute atomic E-state index is 0.102. The van der Waals surface area contributed by atoms with Crippen molar-refractivity contribution < 1.29 is 4.74 Å². The highest BCUT2D eigenvalue weighted by molar-refractivity contribution is 9.10. The summed E-state index contributed by atoms with van der Waals surface area (Å²) >= 11 is 9.30. The van der Waals surface area contributed by atoms with Crippen LogP contribution in [-0.4, -0.2) is 19.3 Å². The topological polar surface area (TPSA) is 86.0 Å². The average molecular weight is 306 g/mol. The van der Waals surface area contributed by atoms with Gasteiger partial charge in [0, 0.05) is 0 Å². The third-order valence-corrected chi connectivity index (χ3v) is 2.47. The first-order chi connectivity index (χ1) is 7.54. The molecule has 0 saturated carbocycles. The SMILES string of the molecule is COc1c(Cl)cc(C=NN=C(N)N)cc1Br. The third kappa shape index (κ3) is 3.39. The Balaban J connectivity index is 3.00. The van der Waals surface area contributed by atoms with Gasteiger partial charge in [0.15, 0.2) is 5.75 Å². The van der Waals surface area contributed by atoms with Gasteiger partial charge < -0.3 is 16.2 Å². The summed E-state index contributed by atoms with van der Waals surface area (Å²) in [6.07, 6.45) is 1.48. The molecular formula is C9H10BrClN4O. The van der Waals surface area contributed by atoms with Gasteiger partial charge in [-0.1, -0.05) is 11.6 Å². The maximum atomic E-state index is 5.97. The molecule has 5 nitrogen and oxygen atoms in total. The summed E-state index contributed by atoms with van der Waals surface area (Å²) in [5.41, 5.74) is 11.0. The summed E-state index contributed by atoms with van der Waals surface area (Å²) in [6, 6.07) is 3.48. The number of nitrogens with two attached hydrogens (primary N) is 2. The summed E-state index contributed by atoms with van der Waals surface area (Å²) in [5.74, 6) is 0.468. The molecule has 1 rings (SSSR count). The lowest BCUT2D eigenvalue weighted by molar-refractivity contribution is 0.412. The van der Waals surface area contributed by atoms with Crippen molar-refractivity contribution in [3.63, 3.8) is 0 Å². The zero-order chi connectivity index (χ0) is 12.1. The first-order valence-electron chi connectivity index (χ1n) is 4.19. The maximum Gasteiger partial charge on any atom is 0.211 e. The molecule has 0 unspecified atom stereocenters. The number of methoxy groups -OCH3 is 1. The fourth-order valence-corrected chi connectivity index (χ4v) is 2.07. The molecule has 1 aromatic rings. The molecule has 0 heterocycles. The van der Waals surface area contributed by atoms with Crippen LogP contribution in [0.15, 0.2) is 26.8 Å². The normalized spacial score (nSPS) is 10.4. The predicted molar refractivity (Wildman–Crippen MR) is 69.1 cm³/mol. The fourth-order valence-electron chi connectivity index (χ4n) is 1.01. The first kappa shape index (κ1) is 12.8. The number of guanidine groups is 1. The van der Waals surface area contributed by atoms with Gasteiger partial charge in [-0.3, -0.25) is 0 Å². The number of benzene rings is 1. The Bertz CT molecular complexity index is 420. The van der Waals surface area contributed by atoms with E-state index in [0.717, 1.165) is 10.0 Å². The molecule has 0 aliphatic rings. The molecule has 86 valence electrons. The molecule has 0 bridgehead atoms. The van der Waals surface area contributed by atoms with E-state index in [4.69, 9.17) is 27.8 Å². The van der Waals surface area contributed by atoms with E-state index < -0.39 is 0 Å². The van der Waals surface area contributed by atoms with E-state index in [0.29, 0.717) is 10.8 Å². The lowest BCUT2D eigenvalue weighted by Gasteiger charge is -2.06. The quantitative estimate of drug-likeness (QED) is 0.506. The summed E-state index contributed by atoms with van der Waals surface area (Å²) in [7, 11) is 1.54. The number of ether oxygens (including phenoxy) is 1. The minimum Gasteiger partial charge on any atom is -0.494 e. The molecule has 0 aromatic heterocycles. The van der Waals surface area contributed by atoms with Crippen LogP contribution in [-0.2, 0) is 0 Å². The smallest absolute Gasteiger partial charge is 0.211 e. The standard InChI is InChI=1S/C9H10BrClN4O/c1-16-8-6(10)2-5(3-7(8)11)4-14-15-9(12)13/h2-4H,1H3,(H4,12,13,15). The van der Waals surface area contributed by atoms with Crippen LogP contribution in [0, 0.1) is 0 Å². The molecule has 1 aromatic carbocycles. The Morgan fingerprint density at radius 2 is 2.19 bits per heavy atom. The van der Waals surface area contributed by atoms with E-state index in [1.165, 1.54) is 6.21 Å². The Morgan fingerprint density at radius 3 is 2.69 bits per heavy atom. The second-order valence-corrected chi connectivity index (χ2v) is 4.05. The van der Waals surface area contributed by atoms with Crippen molar-refractivity contribution in [2.24, 2.45) is 21.7 Å². The highest BCUT2D eigenvalue weighted by Gasteiger charge is 2.06. The van der Waals surface area contributed by atoms with Crippen molar-refractivity contribution in [1.82, 2.24) is 0 Å². The van der Waals surface area contributed by atoms with Crippen LogP contribution < -0.4 is 16.2 Å². The maximum absolute atomic E-state index is 5.97. The summed E-state index contributed by atoms with van der Waals surface area (Å²) in [6.45, 7) is 0. The Hall–Kier alpha value is -1.27. The average Bonchev–Trinajstić information content (AvgIpc) is 2.16. The highest BCUT2D eigenvalue weighted by atomic mass is 79.9. The molecule has 0 spiro atoms. The van der Waals surface area contributed by atoms with E-state index in [9.17, 15) is 0 Å². The third-order valence-electron chi connectivity index (χ3n) is 1.60. The number of halogens is 2. The summed E-state index contributed by atoms with van der Waals surface area (Å²) < 4.78 is 5.81. The molecule has 4 N–H and O–H groups in total. The monoisotopic (exact) mass is 304 g/mol. The van der Waals surface area contributed by atoms with Crippen LogP contribution >= 0.6 is 27.5 Å². The molecule has 0 atom stereocenters. The molecule has 0 amide bonds. The van der Waals surface area contributed by atoms with E-state index in [1.807, 2.05) is 0 Å².